The van der Waals surface area contributed by atoms with E-state index in [1.165, 1.54) is 0 Å². The topological polar surface area (TPSA) is 34.1 Å². The Balaban J connectivity index is 2.83. The zero-order chi connectivity index (χ0) is 7.61. The van der Waals surface area contributed by atoms with E-state index < -0.39 is 9.84 Å². The molecule has 0 fully saturated rings. The van der Waals surface area contributed by atoms with Crippen LogP contribution in [0.4, 0.5) is 0 Å². The molecule has 1 aliphatic rings. The minimum absolute atomic E-state index is 0.236. The molecule has 0 spiro atoms. The summed E-state index contributed by atoms with van der Waals surface area (Å²) in [7, 11) is -2.86. The van der Waals surface area contributed by atoms with E-state index in [0.717, 1.165) is 12.2 Å². The van der Waals surface area contributed by atoms with Gasteiger partial charge in [-0.1, -0.05) is 6.92 Å². The van der Waals surface area contributed by atoms with Crippen LogP contribution in [0.3, 0.4) is 0 Å². The van der Waals surface area contributed by atoms with Gasteiger partial charge in [-0.2, -0.15) is 0 Å². The van der Waals surface area contributed by atoms with Crippen LogP contribution in [0.5, 0.6) is 0 Å². The van der Waals surface area contributed by atoms with Crippen molar-refractivity contribution in [1.82, 2.24) is 0 Å². The second-order valence-corrected chi connectivity index (χ2v) is 5.42. The van der Waals surface area contributed by atoms with Crippen molar-refractivity contribution in [3.05, 3.63) is 10.3 Å². The first-order valence-corrected chi connectivity index (χ1v) is 5.90. The zero-order valence-electron chi connectivity index (χ0n) is 5.83. The quantitative estimate of drug-likeness (QED) is 0.641. The summed E-state index contributed by atoms with van der Waals surface area (Å²) in [6, 6.07) is 0. The summed E-state index contributed by atoms with van der Waals surface area (Å²) in [6.45, 7) is 1.68. The van der Waals surface area contributed by atoms with Crippen molar-refractivity contribution in [3.63, 3.8) is 0 Å². The van der Waals surface area contributed by atoms with Crippen LogP contribution in [-0.2, 0) is 9.84 Å². The third-order valence-electron chi connectivity index (χ3n) is 1.46. The first-order valence-electron chi connectivity index (χ1n) is 3.20. The Kier molecular flexibility index (Phi) is 2.41. The minimum Gasteiger partial charge on any atom is -0.224 e. The molecule has 0 amide bonds. The maximum absolute atomic E-state index is 11.1. The Labute approximate surface area is 65.6 Å². The Hall–Kier alpha value is 0.0400. The van der Waals surface area contributed by atoms with Crippen LogP contribution in [0.1, 0.15) is 13.3 Å². The molecule has 0 aromatic carbocycles. The van der Waals surface area contributed by atoms with Crippen molar-refractivity contribution in [1.29, 1.82) is 0 Å². The third-order valence-corrected chi connectivity index (χ3v) is 4.38. The highest BCUT2D eigenvalue weighted by Gasteiger charge is 2.17. The highest BCUT2D eigenvalue weighted by atomic mass is 32.2. The smallest absolute Gasteiger partial charge is 0.174 e. The highest BCUT2D eigenvalue weighted by Crippen LogP contribution is 2.26. The number of hydrogen-bond acceptors (Lipinski definition) is 3. The molecule has 1 heterocycles. The van der Waals surface area contributed by atoms with E-state index >= 15 is 0 Å². The number of rotatable bonds is 2. The Bertz CT molecular complexity index is 238. The van der Waals surface area contributed by atoms with Crippen LogP contribution in [0.15, 0.2) is 10.3 Å². The monoisotopic (exact) mass is 178 g/mol. The molecule has 58 valence electrons. The van der Waals surface area contributed by atoms with E-state index in [1.807, 2.05) is 0 Å². The molecule has 0 unspecified atom stereocenters. The van der Waals surface area contributed by atoms with Gasteiger partial charge in [-0.3, -0.25) is 0 Å². The van der Waals surface area contributed by atoms with E-state index in [0.29, 0.717) is 4.91 Å². The summed E-state index contributed by atoms with van der Waals surface area (Å²) < 4.78 is 22.2. The lowest BCUT2D eigenvalue weighted by molar-refractivity contribution is 0.602. The minimum atomic E-state index is -2.86. The van der Waals surface area contributed by atoms with E-state index in [4.69, 9.17) is 0 Å². The molecular formula is C6H10O2S2. The summed E-state index contributed by atoms with van der Waals surface area (Å²) in [5, 5.41) is 1.76. The normalized spacial score (nSPS) is 19.1. The predicted molar refractivity (Wildman–Crippen MR) is 44.6 cm³/mol. The van der Waals surface area contributed by atoms with Crippen LogP contribution in [0, 0.1) is 0 Å². The molecule has 2 nitrogen and oxygen atoms in total. The molecule has 0 aromatic rings. The Morgan fingerprint density at radius 2 is 2.40 bits per heavy atom. The fourth-order valence-electron chi connectivity index (χ4n) is 0.785. The van der Waals surface area contributed by atoms with Crippen molar-refractivity contribution < 1.29 is 8.42 Å². The largest absolute Gasteiger partial charge is 0.224 e. The van der Waals surface area contributed by atoms with Crippen molar-refractivity contribution in [2.24, 2.45) is 0 Å². The van der Waals surface area contributed by atoms with E-state index in [2.05, 4.69) is 0 Å². The molecule has 1 rings (SSSR count). The lowest BCUT2D eigenvalue weighted by Gasteiger charge is -1.98. The fourth-order valence-corrected chi connectivity index (χ4v) is 3.25. The van der Waals surface area contributed by atoms with Gasteiger partial charge < -0.3 is 0 Å². The molecule has 0 saturated carbocycles. The molecule has 0 aromatic heterocycles. The number of allylic oxidation sites excluding steroid dienone is 1. The van der Waals surface area contributed by atoms with E-state index in [1.54, 1.807) is 24.1 Å². The molecule has 0 bridgehead atoms. The van der Waals surface area contributed by atoms with Gasteiger partial charge in [0.05, 0.1) is 10.7 Å². The van der Waals surface area contributed by atoms with Crippen LogP contribution < -0.4 is 0 Å². The third kappa shape index (κ3) is 1.55. The molecule has 0 aliphatic carbocycles. The van der Waals surface area contributed by atoms with Gasteiger partial charge in [0.15, 0.2) is 9.84 Å². The summed E-state index contributed by atoms with van der Waals surface area (Å²) >= 11 is 1.58. The maximum atomic E-state index is 11.1. The molecule has 0 atom stereocenters. The summed E-state index contributed by atoms with van der Waals surface area (Å²) in [6.07, 6.45) is 0.723. The van der Waals surface area contributed by atoms with Gasteiger partial charge in [0.2, 0.25) is 0 Å². The van der Waals surface area contributed by atoms with Crippen molar-refractivity contribution >= 4 is 21.6 Å². The standard InChI is InChI=1S/C6H10O2S2/c1-2-10(7,8)6-3-4-9-5-6/h5H,2-4H2,1H3. The van der Waals surface area contributed by atoms with Crippen LogP contribution >= 0.6 is 11.8 Å². The van der Waals surface area contributed by atoms with Crippen molar-refractivity contribution in [3.8, 4) is 0 Å². The SMILES string of the molecule is CCS(=O)(=O)C1=CSCC1. The van der Waals surface area contributed by atoms with Crippen LogP contribution in [0.2, 0.25) is 0 Å². The van der Waals surface area contributed by atoms with Crippen LogP contribution in [0.25, 0.3) is 0 Å². The molecule has 0 radical (unpaired) electrons. The van der Waals surface area contributed by atoms with Crippen molar-refractivity contribution in [2.45, 2.75) is 13.3 Å². The lowest BCUT2D eigenvalue weighted by atomic mass is 10.5. The lowest BCUT2D eigenvalue weighted by Crippen LogP contribution is -2.04. The molecule has 10 heavy (non-hydrogen) atoms. The Morgan fingerprint density at radius 3 is 2.80 bits per heavy atom. The average Bonchev–Trinajstić information content (AvgIpc) is 2.38. The van der Waals surface area contributed by atoms with Gasteiger partial charge in [0.25, 0.3) is 0 Å². The molecule has 0 N–H and O–H groups in total. The van der Waals surface area contributed by atoms with E-state index in [-0.39, 0.29) is 5.75 Å². The van der Waals surface area contributed by atoms with Gasteiger partial charge >= 0.3 is 0 Å². The number of hydrogen-bond donors (Lipinski definition) is 0. The summed E-state index contributed by atoms with van der Waals surface area (Å²) in [5.74, 6) is 1.16. The zero-order valence-corrected chi connectivity index (χ0v) is 7.46. The first-order chi connectivity index (χ1) is 4.67. The average molecular weight is 178 g/mol. The number of thioether (sulfide) groups is 1. The van der Waals surface area contributed by atoms with Gasteiger partial charge in [0, 0.05) is 5.75 Å². The second kappa shape index (κ2) is 2.96. The predicted octanol–water partition coefficient (Wildman–Crippen LogP) is 1.40. The van der Waals surface area contributed by atoms with Gasteiger partial charge in [-0.15, -0.1) is 11.8 Å². The molecular weight excluding hydrogens is 168 g/mol. The molecule has 0 saturated heterocycles. The summed E-state index contributed by atoms with van der Waals surface area (Å²) in [4.78, 5) is 0.625. The second-order valence-electron chi connectivity index (χ2n) is 2.11. The van der Waals surface area contributed by atoms with E-state index in [9.17, 15) is 8.42 Å². The van der Waals surface area contributed by atoms with Crippen LogP contribution in [-0.4, -0.2) is 19.9 Å². The fraction of sp³-hybridized carbons (Fsp3) is 0.667. The first kappa shape index (κ1) is 8.14. The molecule has 4 heteroatoms. The maximum Gasteiger partial charge on any atom is 0.174 e. The molecule has 1 aliphatic heterocycles. The number of sulfone groups is 1. The van der Waals surface area contributed by atoms with Gasteiger partial charge in [-0.05, 0) is 11.8 Å². The van der Waals surface area contributed by atoms with Crippen molar-refractivity contribution in [2.75, 3.05) is 11.5 Å². The van der Waals surface area contributed by atoms with Gasteiger partial charge in [0.1, 0.15) is 0 Å². The highest BCUT2D eigenvalue weighted by molar-refractivity contribution is 8.04. The Morgan fingerprint density at radius 1 is 1.70 bits per heavy atom. The summed E-state index contributed by atoms with van der Waals surface area (Å²) in [5.41, 5.74) is 0. The van der Waals surface area contributed by atoms with Gasteiger partial charge in [-0.25, -0.2) is 8.42 Å².